The molecule has 0 radical (unpaired) electrons. The summed E-state index contributed by atoms with van der Waals surface area (Å²) in [6.07, 6.45) is 0.541. The van der Waals surface area contributed by atoms with Crippen molar-refractivity contribution in [2.45, 2.75) is 26.7 Å². The molecule has 0 saturated carbocycles. The summed E-state index contributed by atoms with van der Waals surface area (Å²) in [5.41, 5.74) is 6.03. The van der Waals surface area contributed by atoms with Gasteiger partial charge in [-0.1, -0.05) is 53.0 Å². The van der Waals surface area contributed by atoms with Gasteiger partial charge in [0.05, 0.1) is 20.1 Å². The van der Waals surface area contributed by atoms with Crippen LogP contribution in [0.1, 0.15) is 22.3 Å². The molecule has 1 heterocycles. The molecule has 8 heteroatoms. The number of ether oxygens (including phenoxy) is 1. The van der Waals surface area contributed by atoms with E-state index >= 15 is 0 Å². The number of Topliss-reactive ketones (excluding diaryl/α,β-unsaturated/α-hetero) is 1. The first-order valence-corrected chi connectivity index (χ1v) is 13.5. The van der Waals surface area contributed by atoms with E-state index in [4.69, 9.17) is 27.9 Å². The minimum absolute atomic E-state index is 0.00178. The minimum atomic E-state index is 0.00178. The monoisotopic (exact) mass is 553 g/mol. The number of piperazine rings is 1. The Hall–Kier alpha value is -3.22. The number of benzene rings is 3. The summed E-state index contributed by atoms with van der Waals surface area (Å²) in [7, 11) is 1.55. The quantitative estimate of drug-likeness (QED) is 0.366. The molecule has 1 amide bonds. The largest absolute Gasteiger partial charge is 0.497 e. The Balaban J connectivity index is 1.25. The van der Waals surface area contributed by atoms with Crippen LogP contribution in [0, 0.1) is 13.8 Å². The molecule has 0 bridgehead atoms. The number of rotatable bonds is 9. The third-order valence-corrected chi connectivity index (χ3v) is 7.55. The number of methoxy groups -OCH3 is 1. The number of halogens is 2. The van der Waals surface area contributed by atoms with Gasteiger partial charge in [-0.2, -0.15) is 0 Å². The molecule has 0 aliphatic carbocycles. The van der Waals surface area contributed by atoms with Gasteiger partial charge >= 0.3 is 0 Å². The Bertz CT molecular complexity index is 1280. The second-order valence-electron chi connectivity index (χ2n) is 9.67. The van der Waals surface area contributed by atoms with Gasteiger partial charge in [-0.15, -0.1) is 0 Å². The first-order valence-electron chi connectivity index (χ1n) is 12.7. The fourth-order valence-electron chi connectivity index (χ4n) is 4.66. The molecular weight excluding hydrogens is 521 g/mol. The van der Waals surface area contributed by atoms with E-state index in [1.165, 1.54) is 5.56 Å². The predicted molar refractivity (Wildman–Crippen MR) is 155 cm³/mol. The van der Waals surface area contributed by atoms with Gasteiger partial charge in [-0.3, -0.25) is 9.59 Å². The Morgan fingerprint density at radius 2 is 1.55 bits per heavy atom. The van der Waals surface area contributed by atoms with Gasteiger partial charge in [0.15, 0.2) is 5.78 Å². The Kier molecular flexibility index (Phi) is 9.18. The number of carbonyl (C=O) groups excluding carboxylic acids is 2. The number of aryl methyl sites for hydroxylation is 2. The molecule has 0 spiro atoms. The molecule has 1 saturated heterocycles. The Morgan fingerprint density at radius 3 is 2.16 bits per heavy atom. The van der Waals surface area contributed by atoms with Crippen LogP contribution in [0.4, 0.5) is 11.4 Å². The maximum Gasteiger partial charge on any atom is 0.227 e. The zero-order valence-corrected chi connectivity index (χ0v) is 23.5. The maximum absolute atomic E-state index is 12.9. The molecule has 3 aromatic rings. The van der Waals surface area contributed by atoms with Crippen LogP contribution in [-0.2, 0) is 22.4 Å². The molecule has 4 rings (SSSR count). The Morgan fingerprint density at radius 1 is 0.895 bits per heavy atom. The first kappa shape index (κ1) is 27.8. The van der Waals surface area contributed by atoms with Crippen molar-refractivity contribution >= 4 is 46.3 Å². The van der Waals surface area contributed by atoms with Gasteiger partial charge in [-0.05, 0) is 60.9 Å². The van der Waals surface area contributed by atoms with Crippen LogP contribution in [0.2, 0.25) is 10.0 Å². The Labute approximate surface area is 234 Å². The molecule has 3 aromatic carbocycles. The lowest BCUT2D eigenvalue weighted by molar-refractivity contribution is -0.130. The van der Waals surface area contributed by atoms with Gasteiger partial charge < -0.3 is 19.9 Å². The van der Waals surface area contributed by atoms with Gasteiger partial charge in [-0.25, -0.2) is 0 Å². The number of nitrogens with one attached hydrogen (secondary N) is 1. The summed E-state index contributed by atoms with van der Waals surface area (Å²) < 4.78 is 5.18. The molecule has 1 N–H and O–H groups in total. The van der Waals surface area contributed by atoms with E-state index in [-0.39, 0.29) is 18.1 Å². The van der Waals surface area contributed by atoms with Crippen LogP contribution in [0.15, 0.2) is 54.6 Å². The molecule has 0 atom stereocenters. The van der Waals surface area contributed by atoms with Crippen LogP contribution in [0.3, 0.4) is 0 Å². The number of ketones is 1. The summed E-state index contributed by atoms with van der Waals surface area (Å²) in [4.78, 5) is 29.5. The van der Waals surface area contributed by atoms with Crippen molar-refractivity contribution in [1.82, 2.24) is 4.90 Å². The van der Waals surface area contributed by atoms with Crippen molar-refractivity contribution < 1.29 is 14.3 Å². The zero-order valence-electron chi connectivity index (χ0n) is 22.0. The molecule has 6 nitrogen and oxygen atoms in total. The van der Waals surface area contributed by atoms with Gasteiger partial charge in [0, 0.05) is 54.0 Å². The highest BCUT2D eigenvalue weighted by Gasteiger charge is 2.23. The maximum atomic E-state index is 12.9. The van der Waals surface area contributed by atoms with Gasteiger partial charge in [0.2, 0.25) is 5.91 Å². The highest BCUT2D eigenvalue weighted by Crippen LogP contribution is 2.31. The molecule has 38 heavy (non-hydrogen) atoms. The second-order valence-corrected chi connectivity index (χ2v) is 10.5. The van der Waals surface area contributed by atoms with E-state index in [0.29, 0.717) is 47.4 Å². The summed E-state index contributed by atoms with van der Waals surface area (Å²) in [5.74, 6) is 0.707. The molecule has 1 fully saturated rings. The average molecular weight is 555 g/mol. The lowest BCUT2D eigenvalue weighted by Gasteiger charge is -2.36. The van der Waals surface area contributed by atoms with Crippen LogP contribution in [0.5, 0.6) is 5.75 Å². The fourth-order valence-corrected chi connectivity index (χ4v) is 5.26. The standard InChI is InChI=1S/C30H33Cl2N3O3/c1-20-4-9-29(21(2)14-20)33-19-24(36)15-22-5-7-23(8-6-22)34-10-12-35(13-11-34)30(37)18-26-27(31)16-25(38-3)17-28(26)32/h4-9,14,16-17,33H,10-13,15,18-19H2,1-3H3. The summed E-state index contributed by atoms with van der Waals surface area (Å²) in [6.45, 7) is 7.10. The average Bonchev–Trinajstić information content (AvgIpc) is 2.90. The van der Waals surface area contributed by atoms with Crippen molar-refractivity contribution in [3.8, 4) is 5.75 Å². The molecule has 1 aliphatic rings. The number of anilines is 2. The van der Waals surface area contributed by atoms with E-state index in [0.717, 1.165) is 35.6 Å². The second kappa shape index (κ2) is 12.5. The van der Waals surface area contributed by atoms with Gasteiger partial charge in [0.25, 0.3) is 0 Å². The normalized spacial score (nSPS) is 13.4. The zero-order chi connectivity index (χ0) is 27.2. The van der Waals surface area contributed by atoms with Crippen LogP contribution < -0.4 is 15.0 Å². The van der Waals surface area contributed by atoms with Crippen molar-refractivity contribution in [2.24, 2.45) is 0 Å². The van der Waals surface area contributed by atoms with Crippen molar-refractivity contribution in [1.29, 1.82) is 0 Å². The SMILES string of the molecule is COc1cc(Cl)c(CC(=O)N2CCN(c3ccc(CC(=O)CNc4ccc(C)cc4C)cc3)CC2)c(Cl)c1. The third kappa shape index (κ3) is 7.00. The lowest BCUT2D eigenvalue weighted by Crippen LogP contribution is -2.49. The van der Waals surface area contributed by atoms with Crippen molar-refractivity contribution in [3.05, 3.63) is 86.9 Å². The van der Waals surface area contributed by atoms with E-state index in [1.807, 2.05) is 36.1 Å². The van der Waals surface area contributed by atoms with Crippen LogP contribution in [0.25, 0.3) is 0 Å². The highest BCUT2D eigenvalue weighted by atomic mass is 35.5. The van der Waals surface area contributed by atoms with E-state index in [1.54, 1.807) is 19.2 Å². The summed E-state index contributed by atoms with van der Waals surface area (Å²) in [5, 5.41) is 4.12. The topological polar surface area (TPSA) is 61.9 Å². The predicted octanol–water partition coefficient (Wildman–Crippen LogP) is 5.73. The number of nitrogens with zero attached hydrogens (tertiary/aromatic N) is 2. The molecule has 0 unspecified atom stereocenters. The number of hydrogen-bond acceptors (Lipinski definition) is 5. The lowest BCUT2D eigenvalue weighted by atomic mass is 10.1. The smallest absolute Gasteiger partial charge is 0.227 e. The molecule has 200 valence electrons. The van der Waals surface area contributed by atoms with Crippen molar-refractivity contribution in [2.75, 3.05) is 50.1 Å². The highest BCUT2D eigenvalue weighted by molar-refractivity contribution is 6.36. The number of carbonyl (C=O) groups is 2. The van der Waals surface area contributed by atoms with E-state index in [2.05, 4.69) is 35.3 Å². The molecular formula is C30H33Cl2N3O3. The molecule has 1 aliphatic heterocycles. The van der Waals surface area contributed by atoms with Crippen LogP contribution >= 0.6 is 23.2 Å². The van der Waals surface area contributed by atoms with E-state index in [9.17, 15) is 9.59 Å². The van der Waals surface area contributed by atoms with Crippen LogP contribution in [-0.4, -0.2) is 56.4 Å². The number of hydrogen-bond donors (Lipinski definition) is 1. The molecule has 0 aromatic heterocycles. The van der Waals surface area contributed by atoms with Crippen molar-refractivity contribution in [3.63, 3.8) is 0 Å². The summed E-state index contributed by atoms with van der Waals surface area (Å²) >= 11 is 12.7. The first-order chi connectivity index (χ1) is 18.2. The fraction of sp³-hybridized carbons (Fsp3) is 0.333. The number of amides is 1. The summed E-state index contributed by atoms with van der Waals surface area (Å²) in [6, 6.07) is 17.6. The third-order valence-electron chi connectivity index (χ3n) is 6.87. The minimum Gasteiger partial charge on any atom is -0.497 e. The van der Waals surface area contributed by atoms with E-state index < -0.39 is 0 Å². The van der Waals surface area contributed by atoms with Gasteiger partial charge in [0.1, 0.15) is 5.75 Å².